The van der Waals surface area contributed by atoms with Crippen LogP contribution < -0.4 is 16.8 Å². The maximum absolute atomic E-state index is 12.8. The third kappa shape index (κ3) is 5.77. The van der Waals surface area contributed by atoms with Crippen LogP contribution in [0, 0.1) is 5.92 Å². The topological polar surface area (TPSA) is 118 Å². The van der Waals surface area contributed by atoms with Crippen LogP contribution in [0.4, 0.5) is 5.69 Å². The van der Waals surface area contributed by atoms with Crippen LogP contribution >= 0.6 is 0 Å². The van der Waals surface area contributed by atoms with Crippen LogP contribution in [0.15, 0.2) is 59.5 Å². The van der Waals surface area contributed by atoms with Gasteiger partial charge >= 0.3 is 0 Å². The first-order chi connectivity index (χ1) is 12.7. The lowest BCUT2D eigenvalue weighted by molar-refractivity contribution is 0.131. The van der Waals surface area contributed by atoms with E-state index in [1.54, 1.807) is 12.1 Å². The van der Waals surface area contributed by atoms with E-state index in [-0.39, 0.29) is 35.2 Å². The molecule has 2 rings (SSSR count). The Morgan fingerprint density at radius 2 is 1.63 bits per heavy atom. The predicted octanol–water partition coefficient (Wildman–Crippen LogP) is 1.72. The van der Waals surface area contributed by atoms with Crippen molar-refractivity contribution in [1.82, 2.24) is 5.32 Å². The molecule has 0 aromatic heterocycles. The van der Waals surface area contributed by atoms with E-state index in [1.165, 1.54) is 12.1 Å². The molecule has 0 amide bonds. The molecule has 0 fully saturated rings. The van der Waals surface area contributed by atoms with Crippen molar-refractivity contribution in [3.8, 4) is 0 Å². The van der Waals surface area contributed by atoms with E-state index in [9.17, 15) is 13.5 Å². The molecule has 0 aliphatic carbocycles. The first-order valence-electron chi connectivity index (χ1n) is 9.02. The average Bonchev–Trinajstić information content (AvgIpc) is 2.65. The zero-order chi connectivity index (χ0) is 20.0. The molecule has 0 radical (unpaired) electrons. The molecule has 0 saturated heterocycles. The molecule has 0 saturated carbocycles. The van der Waals surface area contributed by atoms with Gasteiger partial charge in [-0.15, -0.1) is 0 Å². The van der Waals surface area contributed by atoms with Gasteiger partial charge in [0, 0.05) is 24.3 Å². The minimum atomic E-state index is -3.47. The third-order valence-corrected chi connectivity index (χ3v) is 6.67. The summed E-state index contributed by atoms with van der Waals surface area (Å²) in [7, 11) is -3.47. The number of hydrogen-bond donors (Lipinski definition) is 4. The van der Waals surface area contributed by atoms with Gasteiger partial charge in [-0.1, -0.05) is 37.3 Å². The largest absolute Gasteiger partial charge is 0.399 e. The van der Waals surface area contributed by atoms with Crippen LogP contribution in [0.1, 0.15) is 25.5 Å². The molecule has 27 heavy (non-hydrogen) atoms. The number of nitrogen functional groups attached to an aromatic ring is 1. The SMILES string of the molecule is CC(CS(=O)(=O)c1ccc(N)cc1)C(NC(C)C(O)CN)c1ccccc1. The summed E-state index contributed by atoms with van der Waals surface area (Å²) in [5.74, 6) is -0.267. The number of nitrogens with one attached hydrogen (secondary N) is 1. The second-order valence-electron chi connectivity index (χ2n) is 6.97. The molecule has 4 atom stereocenters. The Balaban J connectivity index is 2.25. The number of hydrogen-bond acceptors (Lipinski definition) is 6. The zero-order valence-corrected chi connectivity index (χ0v) is 16.6. The second-order valence-corrected chi connectivity index (χ2v) is 9.01. The molecule has 0 bridgehead atoms. The summed E-state index contributed by atoms with van der Waals surface area (Å²) in [4.78, 5) is 0.255. The standard InChI is InChI=1S/C20H29N3O3S/c1-14(13-27(25,26)18-10-8-17(22)9-11-18)20(16-6-4-3-5-7-16)23-15(2)19(24)12-21/h3-11,14-15,19-20,23-24H,12-13,21-22H2,1-2H3. The highest BCUT2D eigenvalue weighted by molar-refractivity contribution is 7.91. The summed E-state index contributed by atoms with van der Waals surface area (Å²) in [6.45, 7) is 3.86. The van der Waals surface area contributed by atoms with Crippen molar-refractivity contribution < 1.29 is 13.5 Å². The molecule has 0 aliphatic heterocycles. The molecule has 2 aromatic rings. The van der Waals surface area contributed by atoms with Crippen molar-refractivity contribution in [2.24, 2.45) is 11.7 Å². The molecule has 0 spiro atoms. The lowest BCUT2D eigenvalue weighted by Crippen LogP contribution is -2.45. The van der Waals surface area contributed by atoms with Gasteiger partial charge in [0.15, 0.2) is 9.84 Å². The van der Waals surface area contributed by atoms with Gasteiger partial charge in [-0.25, -0.2) is 8.42 Å². The molecule has 2 aromatic carbocycles. The lowest BCUT2D eigenvalue weighted by Gasteiger charge is -2.30. The summed E-state index contributed by atoms with van der Waals surface area (Å²) < 4.78 is 25.7. The Kier molecular flexibility index (Phi) is 7.38. The Labute approximate surface area is 161 Å². The van der Waals surface area contributed by atoms with Crippen LogP contribution in [-0.2, 0) is 9.84 Å². The van der Waals surface area contributed by atoms with E-state index in [4.69, 9.17) is 11.5 Å². The summed E-state index contributed by atoms with van der Waals surface area (Å²) >= 11 is 0. The van der Waals surface area contributed by atoms with Crippen molar-refractivity contribution in [2.45, 2.75) is 36.9 Å². The predicted molar refractivity (Wildman–Crippen MR) is 109 cm³/mol. The second kappa shape index (κ2) is 9.32. The Morgan fingerprint density at radius 1 is 1.04 bits per heavy atom. The van der Waals surface area contributed by atoms with Crippen LogP contribution in [0.25, 0.3) is 0 Å². The van der Waals surface area contributed by atoms with Crippen molar-refractivity contribution in [1.29, 1.82) is 0 Å². The Bertz CT molecular complexity index is 810. The summed E-state index contributed by atoms with van der Waals surface area (Å²) in [6.07, 6.45) is -0.711. The normalized spacial score (nSPS) is 16.4. The fourth-order valence-electron chi connectivity index (χ4n) is 3.06. The molecule has 0 aliphatic rings. The fourth-order valence-corrected chi connectivity index (χ4v) is 4.69. The molecule has 6 N–H and O–H groups in total. The van der Waals surface area contributed by atoms with Gasteiger partial charge in [0.25, 0.3) is 0 Å². The van der Waals surface area contributed by atoms with Crippen LogP contribution in [0.2, 0.25) is 0 Å². The monoisotopic (exact) mass is 391 g/mol. The molecule has 7 heteroatoms. The average molecular weight is 392 g/mol. The maximum atomic E-state index is 12.8. The Hall–Kier alpha value is -1.93. The van der Waals surface area contributed by atoms with Gasteiger partial charge < -0.3 is 21.9 Å². The van der Waals surface area contributed by atoms with Gasteiger partial charge in [-0.3, -0.25) is 0 Å². The number of anilines is 1. The van der Waals surface area contributed by atoms with E-state index in [1.807, 2.05) is 44.2 Å². The lowest BCUT2D eigenvalue weighted by atomic mass is 9.94. The molecular weight excluding hydrogens is 362 g/mol. The maximum Gasteiger partial charge on any atom is 0.178 e. The van der Waals surface area contributed by atoms with E-state index in [0.29, 0.717) is 5.69 Å². The molecule has 148 valence electrons. The van der Waals surface area contributed by atoms with E-state index in [2.05, 4.69) is 5.32 Å². The van der Waals surface area contributed by atoms with Crippen LogP contribution in [-0.4, -0.2) is 38.0 Å². The number of sulfone groups is 1. The first-order valence-corrected chi connectivity index (χ1v) is 10.7. The minimum Gasteiger partial charge on any atom is -0.399 e. The fraction of sp³-hybridized carbons (Fsp3) is 0.400. The first kappa shape index (κ1) is 21.4. The number of rotatable bonds is 9. The van der Waals surface area contributed by atoms with Gasteiger partial charge in [-0.05, 0) is 42.7 Å². The van der Waals surface area contributed by atoms with E-state index < -0.39 is 15.9 Å². The van der Waals surface area contributed by atoms with E-state index in [0.717, 1.165) is 5.56 Å². The Morgan fingerprint density at radius 3 is 2.19 bits per heavy atom. The van der Waals surface area contributed by atoms with Crippen molar-refractivity contribution in [2.75, 3.05) is 18.0 Å². The van der Waals surface area contributed by atoms with Crippen molar-refractivity contribution >= 4 is 15.5 Å². The van der Waals surface area contributed by atoms with Crippen LogP contribution in [0.3, 0.4) is 0 Å². The van der Waals surface area contributed by atoms with Crippen molar-refractivity contribution in [3.05, 3.63) is 60.2 Å². The summed E-state index contributed by atoms with van der Waals surface area (Å²) in [5, 5.41) is 13.4. The summed E-state index contributed by atoms with van der Waals surface area (Å²) in [5.41, 5.74) is 12.7. The number of aliphatic hydroxyl groups excluding tert-OH is 1. The molecular formula is C20H29N3O3S. The highest BCUT2D eigenvalue weighted by atomic mass is 32.2. The molecule has 0 heterocycles. The van der Waals surface area contributed by atoms with Crippen LogP contribution in [0.5, 0.6) is 0 Å². The molecule has 4 unspecified atom stereocenters. The summed E-state index contributed by atoms with van der Waals surface area (Å²) in [6, 6.07) is 15.4. The van der Waals surface area contributed by atoms with E-state index >= 15 is 0 Å². The highest BCUT2D eigenvalue weighted by Gasteiger charge is 2.28. The van der Waals surface area contributed by atoms with Crippen molar-refractivity contribution in [3.63, 3.8) is 0 Å². The zero-order valence-electron chi connectivity index (χ0n) is 15.7. The number of benzene rings is 2. The molecule has 6 nitrogen and oxygen atoms in total. The quantitative estimate of drug-likeness (QED) is 0.483. The highest BCUT2D eigenvalue weighted by Crippen LogP contribution is 2.26. The van der Waals surface area contributed by atoms with Gasteiger partial charge in [0.1, 0.15) is 0 Å². The third-order valence-electron chi connectivity index (χ3n) is 4.71. The smallest absolute Gasteiger partial charge is 0.178 e. The van der Waals surface area contributed by atoms with Gasteiger partial charge in [0.2, 0.25) is 0 Å². The number of nitrogens with two attached hydrogens (primary N) is 2. The van der Waals surface area contributed by atoms with Gasteiger partial charge in [0.05, 0.1) is 16.8 Å². The minimum absolute atomic E-state index is 0.0328. The van der Waals surface area contributed by atoms with Gasteiger partial charge in [-0.2, -0.15) is 0 Å². The number of aliphatic hydroxyl groups is 1.